The Balaban J connectivity index is 1.46. The molecule has 1 amide bonds. The van der Waals surface area contributed by atoms with E-state index in [1.165, 1.54) is 0 Å². The molecule has 1 fully saturated rings. The van der Waals surface area contributed by atoms with E-state index >= 15 is 0 Å². The molecule has 1 saturated heterocycles. The summed E-state index contributed by atoms with van der Waals surface area (Å²) in [5.74, 6) is 0.810. The van der Waals surface area contributed by atoms with Crippen LogP contribution in [0.2, 0.25) is 0 Å². The minimum Gasteiger partial charge on any atom is -0.481 e. The van der Waals surface area contributed by atoms with Crippen LogP contribution in [0.25, 0.3) is 0 Å². The van der Waals surface area contributed by atoms with E-state index in [4.69, 9.17) is 17.0 Å². The van der Waals surface area contributed by atoms with Gasteiger partial charge in [-0.3, -0.25) is 4.79 Å². The number of anilines is 1. The summed E-state index contributed by atoms with van der Waals surface area (Å²) < 4.78 is 5.03. The van der Waals surface area contributed by atoms with Gasteiger partial charge in [-0.1, -0.05) is 24.3 Å². The van der Waals surface area contributed by atoms with Crippen LogP contribution in [0.5, 0.6) is 5.88 Å². The number of pyridine rings is 1. The van der Waals surface area contributed by atoms with Crippen LogP contribution in [0.1, 0.15) is 24.0 Å². The van der Waals surface area contributed by atoms with E-state index in [0.29, 0.717) is 30.5 Å². The quantitative estimate of drug-likeness (QED) is 0.762. The number of benzene rings is 1. The predicted octanol–water partition coefficient (Wildman–Crippen LogP) is 2.70. The smallest absolute Gasteiger partial charge is 0.222 e. The number of carbonyl (C=O) groups is 1. The highest BCUT2D eigenvalue weighted by atomic mass is 32.1. The number of thiocarbonyl (C=S) groups is 1. The van der Waals surface area contributed by atoms with Crippen molar-refractivity contribution in [1.29, 1.82) is 0 Å². The summed E-state index contributed by atoms with van der Waals surface area (Å²) in [5.41, 5.74) is 3.07. The van der Waals surface area contributed by atoms with Gasteiger partial charge in [-0.25, -0.2) is 4.98 Å². The first-order valence-electron chi connectivity index (χ1n) is 8.54. The van der Waals surface area contributed by atoms with E-state index in [1.807, 2.05) is 11.0 Å². The lowest BCUT2D eigenvalue weighted by Crippen LogP contribution is -2.28. The monoisotopic (exact) mass is 370 g/mol. The van der Waals surface area contributed by atoms with Crippen LogP contribution >= 0.6 is 12.2 Å². The molecule has 0 spiro atoms. The van der Waals surface area contributed by atoms with Crippen molar-refractivity contribution in [2.75, 3.05) is 19.0 Å². The van der Waals surface area contributed by atoms with E-state index in [1.54, 1.807) is 19.4 Å². The molecule has 2 heterocycles. The SMILES string of the molecule is COc1ccc(NC(=S)NCc2ccc(CN3CCCC3=O)cc2)cn1. The lowest BCUT2D eigenvalue weighted by molar-refractivity contribution is -0.128. The van der Waals surface area contributed by atoms with Gasteiger partial charge in [0.15, 0.2) is 5.11 Å². The highest BCUT2D eigenvalue weighted by molar-refractivity contribution is 7.80. The summed E-state index contributed by atoms with van der Waals surface area (Å²) in [4.78, 5) is 17.7. The molecular weight excluding hydrogens is 348 g/mol. The lowest BCUT2D eigenvalue weighted by atomic mass is 10.1. The molecule has 0 saturated carbocycles. The third kappa shape index (κ3) is 4.92. The Bertz CT molecular complexity index is 762. The van der Waals surface area contributed by atoms with Crippen molar-refractivity contribution in [1.82, 2.24) is 15.2 Å². The number of nitrogens with one attached hydrogen (secondary N) is 2. The second-order valence-electron chi connectivity index (χ2n) is 6.13. The molecule has 1 aromatic heterocycles. The predicted molar refractivity (Wildman–Crippen MR) is 105 cm³/mol. The summed E-state index contributed by atoms with van der Waals surface area (Å²) in [6, 6.07) is 11.9. The fourth-order valence-corrected chi connectivity index (χ4v) is 2.98. The van der Waals surface area contributed by atoms with Crippen molar-refractivity contribution < 1.29 is 9.53 Å². The molecule has 0 unspecified atom stereocenters. The van der Waals surface area contributed by atoms with Gasteiger partial charge in [-0.15, -0.1) is 0 Å². The van der Waals surface area contributed by atoms with E-state index < -0.39 is 0 Å². The van der Waals surface area contributed by atoms with Crippen LogP contribution in [0, 0.1) is 0 Å². The van der Waals surface area contributed by atoms with Crippen molar-refractivity contribution in [3.8, 4) is 5.88 Å². The molecule has 6 nitrogen and oxygen atoms in total. The van der Waals surface area contributed by atoms with Crippen molar-refractivity contribution in [3.63, 3.8) is 0 Å². The summed E-state index contributed by atoms with van der Waals surface area (Å²) in [6.07, 6.45) is 3.31. The molecular formula is C19H22N4O2S. The number of carbonyl (C=O) groups excluding carboxylic acids is 1. The molecule has 1 aliphatic rings. The molecule has 0 radical (unpaired) electrons. The first-order valence-corrected chi connectivity index (χ1v) is 8.95. The second-order valence-corrected chi connectivity index (χ2v) is 6.54. The minimum atomic E-state index is 0.250. The van der Waals surface area contributed by atoms with Crippen LogP contribution < -0.4 is 15.4 Å². The Morgan fingerprint density at radius 2 is 2.00 bits per heavy atom. The van der Waals surface area contributed by atoms with Crippen molar-refractivity contribution >= 4 is 28.9 Å². The van der Waals surface area contributed by atoms with Crippen LogP contribution in [-0.4, -0.2) is 34.6 Å². The number of likely N-dealkylation sites (tertiary alicyclic amines) is 1. The van der Waals surface area contributed by atoms with Gasteiger partial charge < -0.3 is 20.3 Å². The van der Waals surface area contributed by atoms with Gasteiger partial charge in [0.05, 0.1) is 19.0 Å². The first kappa shape index (κ1) is 18.1. The molecule has 2 aromatic rings. The van der Waals surface area contributed by atoms with Crippen LogP contribution in [0.3, 0.4) is 0 Å². The van der Waals surface area contributed by atoms with Crippen molar-refractivity contribution in [3.05, 3.63) is 53.7 Å². The van der Waals surface area contributed by atoms with E-state index in [-0.39, 0.29) is 5.91 Å². The first-order chi connectivity index (χ1) is 12.6. The van der Waals surface area contributed by atoms with E-state index in [2.05, 4.69) is 39.9 Å². The summed E-state index contributed by atoms with van der Waals surface area (Å²) in [7, 11) is 1.58. The van der Waals surface area contributed by atoms with Crippen molar-refractivity contribution in [2.45, 2.75) is 25.9 Å². The standard InChI is InChI=1S/C19H22N4O2S/c1-25-17-9-8-16(12-20-17)22-19(26)21-11-14-4-6-15(7-5-14)13-23-10-2-3-18(23)24/h4-9,12H,2-3,10-11,13H2,1H3,(H2,21,22,26). The Morgan fingerprint density at radius 3 is 2.62 bits per heavy atom. The number of ether oxygens (including phenoxy) is 1. The number of methoxy groups -OCH3 is 1. The fourth-order valence-electron chi connectivity index (χ4n) is 2.79. The summed E-state index contributed by atoms with van der Waals surface area (Å²) >= 11 is 5.31. The molecule has 0 atom stereocenters. The maximum Gasteiger partial charge on any atom is 0.222 e. The molecule has 136 valence electrons. The van der Waals surface area contributed by atoms with Gasteiger partial charge in [-0.05, 0) is 35.8 Å². The Labute approximate surface area is 158 Å². The zero-order chi connectivity index (χ0) is 18.4. The third-order valence-corrected chi connectivity index (χ3v) is 4.47. The number of amides is 1. The number of rotatable bonds is 6. The molecule has 0 aliphatic carbocycles. The molecule has 26 heavy (non-hydrogen) atoms. The maximum absolute atomic E-state index is 11.7. The van der Waals surface area contributed by atoms with E-state index in [9.17, 15) is 4.79 Å². The van der Waals surface area contributed by atoms with E-state index in [0.717, 1.165) is 29.8 Å². The average Bonchev–Trinajstić information content (AvgIpc) is 3.06. The molecule has 1 aliphatic heterocycles. The lowest BCUT2D eigenvalue weighted by Gasteiger charge is -2.16. The van der Waals surface area contributed by atoms with Gasteiger partial charge in [0.25, 0.3) is 0 Å². The normalized spacial score (nSPS) is 13.6. The van der Waals surface area contributed by atoms with Gasteiger partial charge in [0.2, 0.25) is 11.8 Å². The molecule has 2 N–H and O–H groups in total. The third-order valence-electron chi connectivity index (χ3n) is 4.22. The van der Waals surface area contributed by atoms with Crippen LogP contribution in [0.4, 0.5) is 5.69 Å². The fraction of sp³-hybridized carbons (Fsp3) is 0.316. The molecule has 3 rings (SSSR count). The Hall–Kier alpha value is -2.67. The van der Waals surface area contributed by atoms with Gasteiger partial charge in [0.1, 0.15) is 0 Å². The Kier molecular flexibility index (Phi) is 6.01. The van der Waals surface area contributed by atoms with Crippen LogP contribution in [-0.2, 0) is 17.9 Å². The average molecular weight is 370 g/mol. The summed E-state index contributed by atoms with van der Waals surface area (Å²) in [5, 5.41) is 6.79. The molecule has 1 aromatic carbocycles. The van der Waals surface area contributed by atoms with Crippen LogP contribution in [0.15, 0.2) is 42.6 Å². The topological polar surface area (TPSA) is 66.5 Å². The minimum absolute atomic E-state index is 0.250. The van der Waals surface area contributed by atoms with Gasteiger partial charge in [-0.2, -0.15) is 0 Å². The number of hydrogen-bond donors (Lipinski definition) is 2. The Morgan fingerprint density at radius 1 is 1.23 bits per heavy atom. The number of hydrogen-bond acceptors (Lipinski definition) is 4. The zero-order valence-corrected chi connectivity index (χ0v) is 15.5. The molecule has 7 heteroatoms. The zero-order valence-electron chi connectivity index (χ0n) is 14.7. The second kappa shape index (κ2) is 8.62. The van der Waals surface area contributed by atoms with Crippen molar-refractivity contribution in [2.24, 2.45) is 0 Å². The van der Waals surface area contributed by atoms with Gasteiger partial charge in [0, 0.05) is 32.1 Å². The molecule has 0 bridgehead atoms. The van der Waals surface area contributed by atoms with Gasteiger partial charge >= 0.3 is 0 Å². The number of aromatic nitrogens is 1. The highest BCUT2D eigenvalue weighted by Gasteiger charge is 2.19. The number of nitrogens with zero attached hydrogens (tertiary/aromatic N) is 2. The maximum atomic E-state index is 11.7. The largest absolute Gasteiger partial charge is 0.481 e. The summed E-state index contributed by atoms with van der Waals surface area (Å²) in [6.45, 7) is 2.18. The highest BCUT2D eigenvalue weighted by Crippen LogP contribution is 2.15.